The van der Waals surface area contributed by atoms with Gasteiger partial charge in [0.1, 0.15) is 11.9 Å². The number of anilines is 1. The summed E-state index contributed by atoms with van der Waals surface area (Å²) in [5.74, 6) is 0.844. The van der Waals surface area contributed by atoms with Crippen molar-refractivity contribution >= 4 is 5.69 Å². The van der Waals surface area contributed by atoms with E-state index in [2.05, 4.69) is 95.9 Å². The second-order valence-electron chi connectivity index (χ2n) is 7.69. The molecule has 3 nitrogen and oxygen atoms in total. The summed E-state index contributed by atoms with van der Waals surface area (Å²) in [7, 11) is 1.69. The first-order chi connectivity index (χ1) is 15.3. The molecule has 0 radical (unpaired) electrons. The van der Waals surface area contributed by atoms with E-state index in [1.54, 1.807) is 7.11 Å². The van der Waals surface area contributed by atoms with Crippen molar-refractivity contribution in [1.29, 1.82) is 0 Å². The number of methoxy groups -OCH3 is 1. The lowest BCUT2D eigenvalue weighted by Gasteiger charge is -2.32. The second-order valence-corrected chi connectivity index (χ2v) is 7.69. The third kappa shape index (κ3) is 3.80. The van der Waals surface area contributed by atoms with Crippen LogP contribution < -0.4 is 9.64 Å². The minimum Gasteiger partial charge on any atom is -0.497 e. The van der Waals surface area contributed by atoms with Crippen LogP contribution in [-0.4, -0.2) is 7.11 Å². The molecule has 1 heterocycles. The lowest BCUT2D eigenvalue weighted by atomic mass is 9.94. The molecule has 1 aliphatic rings. The Morgan fingerprint density at radius 3 is 1.68 bits per heavy atom. The Morgan fingerprint density at radius 2 is 1.13 bits per heavy atom. The lowest BCUT2D eigenvalue weighted by molar-refractivity contribution is 0.0404. The summed E-state index contributed by atoms with van der Waals surface area (Å²) in [6.45, 7) is 0. The molecule has 4 aromatic carbocycles. The molecule has 1 aliphatic heterocycles. The van der Waals surface area contributed by atoms with Crippen molar-refractivity contribution in [1.82, 2.24) is 0 Å². The van der Waals surface area contributed by atoms with Crippen LogP contribution >= 0.6 is 0 Å². The van der Waals surface area contributed by atoms with Crippen LogP contribution in [0.25, 0.3) is 0 Å². The maximum atomic E-state index is 6.82. The van der Waals surface area contributed by atoms with Gasteiger partial charge < -0.3 is 14.4 Å². The van der Waals surface area contributed by atoms with Crippen molar-refractivity contribution in [3.8, 4) is 5.75 Å². The van der Waals surface area contributed by atoms with Crippen LogP contribution in [0.2, 0.25) is 0 Å². The quantitative estimate of drug-likeness (QED) is 0.367. The fourth-order valence-electron chi connectivity index (χ4n) is 4.37. The van der Waals surface area contributed by atoms with Crippen molar-refractivity contribution in [2.45, 2.75) is 18.4 Å². The van der Waals surface area contributed by atoms with Crippen molar-refractivity contribution in [3.05, 3.63) is 132 Å². The molecule has 0 saturated carbocycles. The summed E-state index contributed by atoms with van der Waals surface area (Å²) in [5, 5.41) is 0. The molecule has 1 saturated heterocycles. The summed E-state index contributed by atoms with van der Waals surface area (Å²) < 4.78 is 12.2. The smallest absolute Gasteiger partial charge is 0.158 e. The van der Waals surface area contributed by atoms with E-state index in [1.165, 1.54) is 11.1 Å². The average Bonchev–Trinajstić information content (AvgIpc) is 3.26. The standard InChI is InChI=1S/C28H25NO2/c1-30-25-19-17-24(18-20-25)29-26(21-11-5-2-6-12-21)27(22-13-7-3-8-14-22)31-28(29)23-15-9-4-10-16-23/h2-20,26-28H,1H3/t26-,27+,28-/m1/s1. The zero-order valence-electron chi connectivity index (χ0n) is 17.5. The molecule has 0 aliphatic carbocycles. The van der Waals surface area contributed by atoms with Gasteiger partial charge in [0.25, 0.3) is 0 Å². The Kier molecular flexibility index (Phi) is 5.42. The normalized spacial score (nSPS) is 20.5. The number of hydrogen-bond acceptors (Lipinski definition) is 3. The largest absolute Gasteiger partial charge is 0.497 e. The molecule has 3 heteroatoms. The van der Waals surface area contributed by atoms with E-state index in [0.717, 1.165) is 17.0 Å². The summed E-state index contributed by atoms with van der Waals surface area (Å²) in [4.78, 5) is 2.39. The Bertz CT molecular complexity index is 1100. The Balaban J connectivity index is 1.67. The summed E-state index contributed by atoms with van der Waals surface area (Å²) in [6.07, 6.45) is -0.305. The van der Waals surface area contributed by atoms with Gasteiger partial charge in [-0.2, -0.15) is 0 Å². The van der Waals surface area contributed by atoms with Crippen LogP contribution in [0.3, 0.4) is 0 Å². The molecule has 0 spiro atoms. The third-order valence-corrected chi connectivity index (χ3v) is 5.84. The van der Waals surface area contributed by atoms with E-state index in [-0.39, 0.29) is 18.4 Å². The van der Waals surface area contributed by atoms with Crippen LogP contribution in [0.5, 0.6) is 5.75 Å². The van der Waals surface area contributed by atoms with Crippen LogP contribution in [0.4, 0.5) is 5.69 Å². The zero-order chi connectivity index (χ0) is 21.0. The molecule has 154 valence electrons. The molecule has 3 atom stereocenters. The van der Waals surface area contributed by atoms with Crippen LogP contribution in [0.1, 0.15) is 35.1 Å². The number of hydrogen-bond donors (Lipinski definition) is 0. The lowest BCUT2D eigenvalue weighted by Crippen LogP contribution is -2.27. The zero-order valence-corrected chi connectivity index (χ0v) is 17.5. The highest BCUT2D eigenvalue weighted by Crippen LogP contribution is 2.52. The molecule has 31 heavy (non-hydrogen) atoms. The minimum absolute atomic E-state index is 0.0298. The number of rotatable bonds is 5. The van der Waals surface area contributed by atoms with Gasteiger partial charge in [-0.1, -0.05) is 91.0 Å². The predicted octanol–water partition coefficient (Wildman–Crippen LogP) is 6.71. The van der Waals surface area contributed by atoms with Gasteiger partial charge in [-0.05, 0) is 35.4 Å². The number of ether oxygens (including phenoxy) is 2. The van der Waals surface area contributed by atoms with Gasteiger partial charge in [0, 0.05) is 11.3 Å². The van der Waals surface area contributed by atoms with Gasteiger partial charge in [0.15, 0.2) is 6.23 Å². The molecule has 0 bridgehead atoms. The van der Waals surface area contributed by atoms with E-state index >= 15 is 0 Å². The van der Waals surface area contributed by atoms with E-state index < -0.39 is 0 Å². The Morgan fingerprint density at radius 1 is 0.613 bits per heavy atom. The van der Waals surface area contributed by atoms with Gasteiger partial charge in [0.05, 0.1) is 13.2 Å². The SMILES string of the molecule is COc1ccc(N2[C@@H](c3ccccc3)O[C@@H](c3ccccc3)[C@H]2c2ccccc2)cc1. The minimum atomic E-state index is -0.204. The van der Waals surface area contributed by atoms with E-state index in [1.807, 2.05) is 24.3 Å². The summed E-state index contributed by atoms with van der Waals surface area (Å²) >= 11 is 0. The molecule has 0 unspecified atom stereocenters. The summed E-state index contributed by atoms with van der Waals surface area (Å²) in [5.41, 5.74) is 4.64. The highest BCUT2D eigenvalue weighted by Gasteiger charge is 2.44. The first-order valence-electron chi connectivity index (χ1n) is 10.6. The first-order valence-corrected chi connectivity index (χ1v) is 10.6. The van der Waals surface area contributed by atoms with Crippen molar-refractivity contribution in [3.63, 3.8) is 0 Å². The fourth-order valence-corrected chi connectivity index (χ4v) is 4.37. The maximum Gasteiger partial charge on any atom is 0.158 e. The topological polar surface area (TPSA) is 21.7 Å². The first kappa shape index (κ1) is 19.4. The molecule has 0 aromatic heterocycles. The van der Waals surface area contributed by atoms with Crippen LogP contribution in [0, 0.1) is 0 Å². The average molecular weight is 408 g/mol. The van der Waals surface area contributed by atoms with E-state index in [0.29, 0.717) is 0 Å². The van der Waals surface area contributed by atoms with E-state index in [4.69, 9.17) is 9.47 Å². The second kappa shape index (κ2) is 8.66. The van der Waals surface area contributed by atoms with Crippen LogP contribution in [0.15, 0.2) is 115 Å². The molecular formula is C28H25NO2. The predicted molar refractivity (Wildman–Crippen MR) is 124 cm³/mol. The van der Waals surface area contributed by atoms with Gasteiger partial charge >= 0.3 is 0 Å². The maximum absolute atomic E-state index is 6.82. The number of benzene rings is 4. The third-order valence-electron chi connectivity index (χ3n) is 5.84. The molecule has 4 aromatic rings. The number of nitrogens with zero attached hydrogens (tertiary/aromatic N) is 1. The molecule has 0 N–H and O–H groups in total. The van der Waals surface area contributed by atoms with E-state index in [9.17, 15) is 0 Å². The Hall–Kier alpha value is -3.56. The summed E-state index contributed by atoms with van der Waals surface area (Å²) in [6, 6.07) is 39.9. The van der Waals surface area contributed by atoms with Gasteiger partial charge in [-0.15, -0.1) is 0 Å². The monoisotopic (exact) mass is 407 g/mol. The molecular weight excluding hydrogens is 382 g/mol. The highest BCUT2D eigenvalue weighted by atomic mass is 16.5. The molecule has 1 fully saturated rings. The van der Waals surface area contributed by atoms with Gasteiger partial charge in [-0.3, -0.25) is 0 Å². The van der Waals surface area contributed by atoms with Gasteiger partial charge in [-0.25, -0.2) is 0 Å². The van der Waals surface area contributed by atoms with Crippen molar-refractivity contribution in [2.24, 2.45) is 0 Å². The van der Waals surface area contributed by atoms with Crippen molar-refractivity contribution in [2.75, 3.05) is 12.0 Å². The van der Waals surface area contributed by atoms with Crippen molar-refractivity contribution < 1.29 is 9.47 Å². The highest BCUT2D eigenvalue weighted by molar-refractivity contribution is 5.55. The van der Waals surface area contributed by atoms with Gasteiger partial charge in [0.2, 0.25) is 0 Å². The fraction of sp³-hybridized carbons (Fsp3) is 0.143. The Labute approximate surface area is 183 Å². The van der Waals surface area contributed by atoms with Crippen LogP contribution in [-0.2, 0) is 4.74 Å². The molecule has 0 amide bonds. The molecule has 5 rings (SSSR count).